The van der Waals surface area contributed by atoms with E-state index in [1.807, 2.05) is 24.3 Å². The molecule has 0 saturated carbocycles. The number of nitrogens with one attached hydrogen (secondary N) is 1. The Morgan fingerprint density at radius 3 is 2.62 bits per heavy atom. The van der Waals surface area contributed by atoms with E-state index < -0.39 is 23.4 Å². The number of carbonyl (C=O) groups is 2. The van der Waals surface area contributed by atoms with E-state index in [-0.39, 0.29) is 12.2 Å². The lowest BCUT2D eigenvalue weighted by molar-refractivity contribution is -0.384. The van der Waals surface area contributed by atoms with Crippen LogP contribution in [0, 0.1) is 10.1 Å². The zero-order chi connectivity index (χ0) is 18.5. The van der Waals surface area contributed by atoms with Gasteiger partial charge in [0.25, 0.3) is 11.6 Å². The highest BCUT2D eigenvalue weighted by atomic mass is 16.6. The fourth-order valence-electron chi connectivity index (χ4n) is 2.33. The number of imidazole rings is 1. The largest absolute Gasteiger partial charge is 0.454 e. The van der Waals surface area contributed by atoms with Crippen molar-refractivity contribution in [2.75, 3.05) is 11.9 Å². The van der Waals surface area contributed by atoms with Crippen molar-refractivity contribution in [3.63, 3.8) is 0 Å². The molecular formula is C17H14N4O5. The highest BCUT2D eigenvalue weighted by Crippen LogP contribution is 2.15. The number of nitrogens with zero attached hydrogens (tertiary/aromatic N) is 3. The van der Waals surface area contributed by atoms with Crippen molar-refractivity contribution in [2.45, 2.75) is 6.54 Å². The molecule has 132 valence electrons. The number of fused-ring (bicyclic) bond motifs is 1. The normalized spacial score (nSPS) is 10.5. The van der Waals surface area contributed by atoms with Crippen LogP contribution in [0.4, 0.5) is 11.4 Å². The predicted octanol–water partition coefficient (Wildman–Crippen LogP) is 2.13. The lowest BCUT2D eigenvalue weighted by Crippen LogP contribution is -2.22. The summed E-state index contributed by atoms with van der Waals surface area (Å²) in [6, 6.07) is 12.7. The van der Waals surface area contributed by atoms with Crippen LogP contribution >= 0.6 is 0 Å². The molecule has 3 aromatic rings. The van der Waals surface area contributed by atoms with Gasteiger partial charge in [0.2, 0.25) is 0 Å². The highest BCUT2D eigenvalue weighted by molar-refractivity contribution is 5.92. The summed E-state index contributed by atoms with van der Waals surface area (Å²) in [4.78, 5) is 37.9. The molecule has 1 heterocycles. The van der Waals surface area contributed by atoms with Crippen LogP contribution in [0.25, 0.3) is 11.0 Å². The molecule has 0 saturated heterocycles. The predicted molar refractivity (Wildman–Crippen MR) is 92.4 cm³/mol. The number of hydrogen-bond acceptors (Lipinski definition) is 6. The van der Waals surface area contributed by atoms with Crippen LogP contribution in [-0.2, 0) is 20.9 Å². The second-order valence-electron chi connectivity index (χ2n) is 5.37. The number of nitro groups is 1. The third-order valence-corrected chi connectivity index (χ3v) is 3.55. The fraction of sp³-hybridized carbons (Fsp3) is 0.118. The molecular weight excluding hydrogens is 340 g/mol. The van der Waals surface area contributed by atoms with Gasteiger partial charge in [0.1, 0.15) is 6.54 Å². The van der Waals surface area contributed by atoms with Crippen molar-refractivity contribution in [2.24, 2.45) is 0 Å². The zero-order valence-electron chi connectivity index (χ0n) is 13.5. The van der Waals surface area contributed by atoms with Crippen molar-refractivity contribution in [1.82, 2.24) is 9.55 Å². The lowest BCUT2D eigenvalue weighted by atomic mass is 10.3. The van der Waals surface area contributed by atoms with E-state index in [0.29, 0.717) is 5.69 Å². The topological polar surface area (TPSA) is 116 Å². The molecule has 0 spiro atoms. The first-order chi connectivity index (χ1) is 12.5. The molecule has 0 aliphatic carbocycles. The van der Waals surface area contributed by atoms with Crippen LogP contribution < -0.4 is 5.32 Å². The summed E-state index contributed by atoms with van der Waals surface area (Å²) >= 11 is 0. The van der Waals surface area contributed by atoms with E-state index in [1.165, 1.54) is 30.6 Å². The molecule has 9 nitrogen and oxygen atoms in total. The maximum Gasteiger partial charge on any atom is 0.326 e. The highest BCUT2D eigenvalue weighted by Gasteiger charge is 2.11. The maximum absolute atomic E-state index is 11.9. The first kappa shape index (κ1) is 17.1. The van der Waals surface area contributed by atoms with Gasteiger partial charge in [-0.05, 0) is 24.3 Å². The minimum atomic E-state index is -0.577. The van der Waals surface area contributed by atoms with E-state index in [1.54, 1.807) is 4.57 Å². The maximum atomic E-state index is 11.9. The van der Waals surface area contributed by atoms with Gasteiger partial charge >= 0.3 is 5.97 Å². The summed E-state index contributed by atoms with van der Waals surface area (Å²) in [7, 11) is 0. The average molecular weight is 354 g/mol. The molecule has 0 bridgehead atoms. The summed E-state index contributed by atoms with van der Waals surface area (Å²) in [6.07, 6.45) is 1.53. The molecule has 9 heteroatoms. The number of non-ortho nitro benzene ring substituents is 1. The summed E-state index contributed by atoms with van der Waals surface area (Å²) < 4.78 is 6.58. The van der Waals surface area contributed by atoms with Crippen LogP contribution in [0.1, 0.15) is 0 Å². The average Bonchev–Trinajstić information content (AvgIpc) is 3.03. The van der Waals surface area contributed by atoms with Gasteiger partial charge in [-0.3, -0.25) is 19.7 Å². The molecule has 0 radical (unpaired) electrons. The summed E-state index contributed by atoms with van der Waals surface area (Å²) in [6.45, 7) is -0.520. The van der Waals surface area contributed by atoms with Gasteiger partial charge in [0.15, 0.2) is 6.61 Å². The van der Waals surface area contributed by atoms with Gasteiger partial charge in [-0.25, -0.2) is 4.98 Å². The van der Waals surface area contributed by atoms with E-state index in [4.69, 9.17) is 4.74 Å². The Labute approximate surface area is 147 Å². The Bertz CT molecular complexity index is 965. The Morgan fingerprint density at radius 2 is 1.88 bits per heavy atom. The number of aromatic nitrogens is 2. The SMILES string of the molecule is O=C(COC(=O)Cn1cnc2ccccc21)Nc1ccc([N+](=O)[O-])cc1. The second kappa shape index (κ2) is 7.43. The molecule has 0 unspecified atom stereocenters. The number of hydrogen-bond donors (Lipinski definition) is 1. The molecule has 1 amide bonds. The van der Waals surface area contributed by atoms with E-state index >= 15 is 0 Å². The van der Waals surface area contributed by atoms with Crippen molar-refractivity contribution >= 4 is 34.3 Å². The molecule has 2 aromatic carbocycles. The van der Waals surface area contributed by atoms with E-state index in [9.17, 15) is 19.7 Å². The standard InChI is InChI=1S/C17H14N4O5/c22-16(19-12-5-7-13(8-6-12)21(24)25)10-26-17(23)9-20-11-18-14-3-1-2-4-15(14)20/h1-8,11H,9-10H2,(H,19,22). The Kier molecular flexibility index (Phi) is 4.88. The number of nitro benzene ring substituents is 1. The molecule has 1 N–H and O–H groups in total. The van der Waals surface area contributed by atoms with Gasteiger partial charge in [-0.15, -0.1) is 0 Å². The first-order valence-electron chi connectivity index (χ1n) is 7.63. The monoisotopic (exact) mass is 354 g/mol. The van der Waals surface area contributed by atoms with E-state index in [0.717, 1.165) is 11.0 Å². The lowest BCUT2D eigenvalue weighted by Gasteiger charge is -2.07. The Morgan fingerprint density at radius 1 is 1.15 bits per heavy atom. The van der Waals surface area contributed by atoms with Crippen LogP contribution in [0.15, 0.2) is 54.9 Å². The number of rotatable bonds is 6. The first-order valence-corrected chi connectivity index (χ1v) is 7.63. The summed E-state index contributed by atoms with van der Waals surface area (Å²) in [5.41, 5.74) is 1.84. The second-order valence-corrected chi connectivity index (χ2v) is 5.37. The molecule has 0 aliphatic heterocycles. The summed E-state index contributed by atoms with van der Waals surface area (Å²) in [5, 5.41) is 13.1. The minimum Gasteiger partial charge on any atom is -0.454 e. The Balaban J connectivity index is 1.51. The van der Waals surface area contributed by atoms with Crippen LogP contribution in [-0.4, -0.2) is 33.0 Å². The number of benzene rings is 2. The number of carbonyl (C=O) groups excluding carboxylic acids is 2. The smallest absolute Gasteiger partial charge is 0.326 e. The van der Waals surface area contributed by atoms with Gasteiger partial charge in [-0.1, -0.05) is 12.1 Å². The van der Waals surface area contributed by atoms with Crippen molar-refractivity contribution in [1.29, 1.82) is 0 Å². The van der Waals surface area contributed by atoms with Crippen molar-refractivity contribution in [3.8, 4) is 0 Å². The third-order valence-electron chi connectivity index (χ3n) is 3.55. The van der Waals surface area contributed by atoms with Crippen LogP contribution in [0.3, 0.4) is 0 Å². The van der Waals surface area contributed by atoms with Crippen molar-refractivity contribution in [3.05, 3.63) is 65.0 Å². The number of esters is 1. The molecule has 0 aliphatic rings. The molecule has 26 heavy (non-hydrogen) atoms. The van der Waals surface area contributed by atoms with Crippen LogP contribution in [0.5, 0.6) is 0 Å². The molecule has 0 atom stereocenters. The van der Waals surface area contributed by atoms with Gasteiger partial charge in [-0.2, -0.15) is 0 Å². The number of anilines is 1. The number of para-hydroxylation sites is 2. The van der Waals surface area contributed by atoms with Crippen molar-refractivity contribution < 1.29 is 19.2 Å². The quantitative estimate of drug-likeness (QED) is 0.412. The number of amides is 1. The van der Waals surface area contributed by atoms with E-state index in [2.05, 4.69) is 10.3 Å². The summed E-state index contributed by atoms with van der Waals surface area (Å²) in [5.74, 6) is -1.12. The van der Waals surface area contributed by atoms with Gasteiger partial charge in [0, 0.05) is 17.8 Å². The third kappa shape index (κ3) is 4.01. The fourth-order valence-corrected chi connectivity index (χ4v) is 2.33. The minimum absolute atomic E-state index is 0.0642. The van der Waals surface area contributed by atoms with Gasteiger partial charge in [0.05, 0.1) is 22.3 Å². The molecule has 1 aromatic heterocycles. The molecule has 0 fully saturated rings. The van der Waals surface area contributed by atoms with Gasteiger partial charge < -0.3 is 14.6 Å². The Hall–Kier alpha value is -3.75. The molecule has 3 rings (SSSR count). The van der Waals surface area contributed by atoms with Crippen LogP contribution in [0.2, 0.25) is 0 Å². The zero-order valence-corrected chi connectivity index (χ0v) is 13.5. The number of ether oxygens (including phenoxy) is 1.